The van der Waals surface area contributed by atoms with Crippen molar-refractivity contribution in [2.24, 2.45) is 0 Å². The van der Waals surface area contributed by atoms with Crippen LogP contribution in [-0.4, -0.2) is 29.5 Å². The normalized spacial score (nSPS) is 18.7. The molecule has 1 fully saturated rings. The molecule has 2 heterocycles. The van der Waals surface area contributed by atoms with Gasteiger partial charge in [-0.3, -0.25) is 9.88 Å². The van der Waals surface area contributed by atoms with Gasteiger partial charge in [0.1, 0.15) is 0 Å². The van der Waals surface area contributed by atoms with Gasteiger partial charge in [-0.15, -0.1) is 12.4 Å². The molecule has 3 nitrogen and oxygen atoms in total. The van der Waals surface area contributed by atoms with Crippen LogP contribution in [0, 0.1) is 0 Å². The summed E-state index contributed by atoms with van der Waals surface area (Å²) in [7, 11) is 0. The number of rotatable bonds is 3. The Labute approximate surface area is 147 Å². The number of benzene rings is 1. The Balaban J connectivity index is 0.00000176. The van der Waals surface area contributed by atoms with Crippen LogP contribution in [0.3, 0.4) is 0 Å². The molecule has 1 atom stereocenters. The zero-order chi connectivity index (χ0) is 14.7. The predicted molar refractivity (Wildman–Crippen MR) is 94.0 cm³/mol. The van der Waals surface area contributed by atoms with E-state index < -0.39 is 0 Å². The third-order valence-corrected chi connectivity index (χ3v) is 4.42. The van der Waals surface area contributed by atoms with E-state index in [4.69, 9.17) is 23.2 Å². The van der Waals surface area contributed by atoms with E-state index in [1.54, 1.807) is 0 Å². The molecule has 0 bridgehead atoms. The summed E-state index contributed by atoms with van der Waals surface area (Å²) >= 11 is 12.3. The maximum Gasteiger partial charge on any atom is 0.0477 e. The van der Waals surface area contributed by atoms with Gasteiger partial charge in [-0.05, 0) is 35.4 Å². The minimum absolute atomic E-state index is 0. The van der Waals surface area contributed by atoms with Crippen molar-refractivity contribution < 1.29 is 0 Å². The van der Waals surface area contributed by atoms with Crippen LogP contribution in [0.2, 0.25) is 10.0 Å². The molecular weight excluding hydrogens is 341 g/mol. The van der Waals surface area contributed by atoms with Crippen LogP contribution in [-0.2, 0) is 6.54 Å². The van der Waals surface area contributed by atoms with Gasteiger partial charge in [-0.2, -0.15) is 0 Å². The number of piperazine rings is 1. The molecule has 0 saturated carbocycles. The second-order valence-corrected chi connectivity index (χ2v) is 6.05. The molecule has 0 amide bonds. The summed E-state index contributed by atoms with van der Waals surface area (Å²) in [6.45, 7) is 3.75. The van der Waals surface area contributed by atoms with Crippen molar-refractivity contribution >= 4 is 35.6 Å². The SMILES string of the molecule is Cl.Clc1ccc(CN2CCNCC2c2ccncc2)c(Cl)c1. The van der Waals surface area contributed by atoms with Crippen LogP contribution < -0.4 is 5.32 Å². The molecule has 118 valence electrons. The van der Waals surface area contributed by atoms with Gasteiger partial charge >= 0.3 is 0 Å². The first-order valence-electron chi connectivity index (χ1n) is 7.02. The van der Waals surface area contributed by atoms with E-state index in [1.165, 1.54) is 5.56 Å². The Bertz CT molecular complexity index is 607. The van der Waals surface area contributed by atoms with E-state index in [0.717, 1.165) is 36.8 Å². The standard InChI is InChI=1S/C16H17Cl2N3.ClH/c17-14-2-1-13(15(18)9-14)11-21-8-7-20-10-16(21)12-3-5-19-6-4-12;/h1-6,9,16,20H,7-8,10-11H2;1H. The predicted octanol–water partition coefficient (Wildman–Crippen LogP) is 3.96. The third-order valence-electron chi connectivity index (χ3n) is 3.83. The Morgan fingerprint density at radius 2 is 1.95 bits per heavy atom. The minimum Gasteiger partial charge on any atom is -0.314 e. The number of hydrogen-bond acceptors (Lipinski definition) is 3. The zero-order valence-electron chi connectivity index (χ0n) is 12.0. The van der Waals surface area contributed by atoms with Gasteiger partial charge in [0.15, 0.2) is 0 Å². The Hall–Kier alpha value is -0.840. The highest BCUT2D eigenvalue weighted by Crippen LogP contribution is 2.27. The number of nitrogens with one attached hydrogen (secondary N) is 1. The molecule has 1 unspecified atom stereocenters. The van der Waals surface area contributed by atoms with Crippen LogP contribution in [0.15, 0.2) is 42.7 Å². The number of halogens is 3. The van der Waals surface area contributed by atoms with E-state index >= 15 is 0 Å². The zero-order valence-corrected chi connectivity index (χ0v) is 14.3. The van der Waals surface area contributed by atoms with Crippen molar-refractivity contribution in [2.45, 2.75) is 12.6 Å². The molecule has 1 N–H and O–H groups in total. The first-order valence-corrected chi connectivity index (χ1v) is 7.78. The quantitative estimate of drug-likeness (QED) is 0.900. The van der Waals surface area contributed by atoms with E-state index in [1.807, 2.05) is 30.6 Å². The fourth-order valence-corrected chi connectivity index (χ4v) is 3.19. The summed E-state index contributed by atoms with van der Waals surface area (Å²) < 4.78 is 0. The largest absolute Gasteiger partial charge is 0.314 e. The molecule has 3 rings (SSSR count). The van der Waals surface area contributed by atoms with E-state index in [-0.39, 0.29) is 12.4 Å². The molecule has 1 aliphatic rings. The molecule has 0 aliphatic carbocycles. The van der Waals surface area contributed by atoms with Gasteiger partial charge in [0.25, 0.3) is 0 Å². The number of hydrogen-bond donors (Lipinski definition) is 1. The van der Waals surface area contributed by atoms with Crippen molar-refractivity contribution in [1.29, 1.82) is 0 Å². The second kappa shape index (κ2) is 8.14. The van der Waals surface area contributed by atoms with Crippen LogP contribution >= 0.6 is 35.6 Å². The monoisotopic (exact) mass is 357 g/mol. The van der Waals surface area contributed by atoms with Gasteiger partial charge < -0.3 is 5.32 Å². The molecule has 1 saturated heterocycles. The van der Waals surface area contributed by atoms with Crippen molar-refractivity contribution in [3.63, 3.8) is 0 Å². The molecule has 22 heavy (non-hydrogen) atoms. The van der Waals surface area contributed by atoms with Gasteiger partial charge in [0, 0.05) is 54.7 Å². The third kappa shape index (κ3) is 4.12. The van der Waals surface area contributed by atoms with E-state index in [0.29, 0.717) is 11.1 Å². The number of nitrogens with zero attached hydrogens (tertiary/aromatic N) is 2. The lowest BCUT2D eigenvalue weighted by atomic mass is 10.0. The van der Waals surface area contributed by atoms with Crippen LogP contribution in [0.4, 0.5) is 0 Å². The molecule has 1 aromatic heterocycles. The molecule has 6 heteroatoms. The van der Waals surface area contributed by atoms with Gasteiger partial charge in [-0.25, -0.2) is 0 Å². The highest BCUT2D eigenvalue weighted by atomic mass is 35.5. The average molecular weight is 359 g/mol. The van der Waals surface area contributed by atoms with Crippen molar-refractivity contribution in [2.75, 3.05) is 19.6 Å². The Kier molecular flexibility index (Phi) is 6.48. The summed E-state index contributed by atoms with van der Waals surface area (Å²) in [6, 6.07) is 10.2. The molecule has 1 aromatic carbocycles. The van der Waals surface area contributed by atoms with Crippen molar-refractivity contribution in [3.05, 3.63) is 63.9 Å². The topological polar surface area (TPSA) is 28.2 Å². The van der Waals surface area contributed by atoms with Gasteiger partial charge in [-0.1, -0.05) is 29.3 Å². The highest BCUT2D eigenvalue weighted by Gasteiger charge is 2.24. The molecule has 1 aliphatic heterocycles. The Morgan fingerprint density at radius 1 is 1.18 bits per heavy atom. The van der Waals surface area contributed by atoms with Crippen LogP contribution in [0.25, 0.3) is 0 Å². The smallest absolute Gasteiger partial charge is 0.0477 e. The minimum atomic E-state index is 0. The fourth-order valence-electron chi connectivity index (χ4n) is 2.72. The Morgan fingerprint density at radius 3 is 2.68 bits per heavy atom. The highest BCUT2D eigenvalue weighted by molar-refractivity contribution is 6.35. The number of pyridine rings is 1. The summed E-state index contributed by atoms with van der Waals surface area (Å²) in [4.78, 5) is 6.54. The van der Waals surface area contributed by atoms with E-state index in [2.05, 4.69) is 27.3 Å². The summed E-state index contributed by atoms with van der Waals surface area (Å²) in [5, 5.41) is 4.86. The van der Waals surface area contributed by atoms with Crippen LogP contribution in [0.1, 0.15) is 17.2 Å². The van der Waals surface area contributed by atoms with Gasteiger partial charge in [0.2, 0.25) is 0 Å². The lowest BCUT2D eigenvalue weighted by molar-refractivity contribution is 0.153. The fraction of sp³-hybridized carbons (Fsp3) is 0.312. The van der Waals surface area contributed by atoms with Crippen molar-refractivity contribution in [3.8, 4) is 0 Å². The summed E-state index contributed by atoms with van der Waals surface area (Å²) in [5.41, 5.74) is 2.39. The summed E-state index contributed by atoms with van der Waals surface area (Å²) in [5.74, 6) is 0. The first kappa shape index (κ1) is 17.5. The second-order valence-electron chi connectivity index (χ2n) is 5.21. The lowest BCUT2D eigenvalue weighted by Gasteiger charge is -2.36. The number of aromatic nitrogens is 1. The van der Waals surface area contributed by atoms with Gasteiger partial charge in [0.05, 0.1) is 0 Å². The first-order chi connectivity index (χ1) is 10.2. The molecule has 0 radical (unpaired) electrons. The van der Waals surface area contributed by atoms with Crippen molar-refractivity contribution in [1.82, 2.24) is 15.2 Å². The molecule has 0 spiro atoms. The molecular formula is C16H18Cl3N3. The molecule has 2 aromatic rings. The van der Waals surface area contributed by atoms with Crippen LogP contribution in [0.5, 0.6) is 0 Å². The maximum atomic E-state index is 6.31. The maximum absolute atomic E-state index is 6.31. The average Bonchev–Trinajstić information content (AvgIpc) is 2.51. The van der Waals surface area contributed by atoms with E-state index in [9.17, 15) is 0 Å². The summed E-state index contributed by atoms with van der Waals surface area (Å²) in [6.07, 6.45) is 3.69. The lowest BCUT2D eigenvalue weighted by Crippen LogP contribution is -2.45.